The van der Waals surface area contributed by atoms with Gasteiger partial charge in [0.1, 0.15) is 11.3 Å². The van der Waals surface area contributed by atoms with Gasteiger partial charge >= 0.3 is 0 Å². The number of nitrogens with zero attached hydrogens (tertiary/aromatic N) is 3. The summed E-state index contributed by atoms with van der Waals surface area (Å²) >= 11 is 0. The Balaban J connectivity index is 2.02. The van der Waals surface area contributed by atoms with E-state index in [1.165, 1.54) is 6.33 Å². The van der Waals surface area contributed by atoms with E-state index in [0.29, 0.717) is 22.5 Å². The van der Waals surface area contributed by atoms with Gasteiger partial charge in [0.25, 0.3) is 0 Å². The Hall–Kier alpha value is -2.96. The SMILES string of the molecule is COc1ccc(C(=O)c2nc(N)c3nc[nH]c3n2)cc1. The zero-order chi connectivity index (χ0) is 14.1. The molecule has 0 fully saturated rings. The maximum atomic E-state index is 12.3. The molecule has 0 aliphatic carbocycles. The van der Waals surface area contributed by atoms with Gasteiger partial charge < -0.3 is 15.5 Å². The van der Waals surface area contributed by atoms with Gasteiger partial charge in [0.05, 0.1) is 13.4 Å². The lowest BCUT2D eigenvalue weighted by Crippen LogP contribution is -2.09. The molecule has 0 bridgehead atoms. The van der Waals surface area contributed by atoms with E-state index in [-0.39, 0.29) is 17.4 Å². The first kappa shape index (κ1) is 12.1. The lowest BCUT2D eigenvalue weighted by atomic mass is 10.1. The van der Waals surface area contributed by atoms with Gasteiger partial charge in [-0.25, -0.2) is 15.0 Å². The molecule has 0 aliphatic heterocycles. The fourth-order valence-corrected chi connectivity index (χ4v) is 1.83. The summed E-state index contributed by atoms with van der Waals surface area (Å²) in [4.78, 5) is 27.2. The molecule has 0 saturated heterocycles. The van der Waals surface area contributed by atoms with Crippen LogP contribution in [0.25, 0.3) is 11.2 Å². The second kappa shape index (κ2) is 4.61. The Morgan fingerprint density at radius 3 is 2.70 bits per heavy atom. The highest BCUT2D eigenvalue weighted by Gasteiger charge is 2.16. The molecule has 0 atom stereocenters. The highest BCUT2D eigenvalue weighted by Crippen LogP contribution is 2.17. The summed E-state index contributed by atoms with van der Waals surface area (Å²) in [5.74, 6) is 0.569. The van der Waals surface area contributed by atoms with Crippen LogP contribution in [0, 0.1) is 0 Å². The van der Waals surface area contributed by atoms with Gasteiger partial charge in [0.15, 0.2) is 11.5 Å². The molecule has 7 nitrogen and oxygen atoms in total. The van der Waals surface area contributed by atoms with Crippen LogP contribution in [0.3, 0.4) is 0 Å². The number of nitrogens with one attached hydrogen (secondary N) is 1. The molecule has 20 heavy (non-hydrogen) atoms. The predicted octanol–water partition coefficient (Wildman–Crippen LogP) is 1.17. The van der Waals surface area contributed by atoms with Gasteiger partial charge in [-0.15, -0.1) is 0 Å². The summed E-state index contributed by atoms with van der Waals surface area (Å²) in [6.07, 6.45) is 1.46. The number of carbonyl (C=O) groups excluding carboxylic acids is 1. The molecule has 2 heterocycles. The number of hydrogen-bond acceptors (Lipinski definition) is 6. The lowest BCUT2D eigenvalue weighted by molar-refractivity contribution is 0.103. The minimum atomic E-state index is -0.309. The largest absolute Gasteiger partial charge is 0.497 e. The number of fused-ring (bicyclic) bond motifs is 1. The Bertz CT molecular complexity index is 779. The van der Waals surface area contributed by atoms with Crippen LogP contribution in [0.15, 0.2) is 30.6 Å². The van der Waals surface area contributed by atoms with Crippen molar-refractivity contribution in [2.45, 2.75) is 0 Å². The molecule has 0 amide bonds. The second-order valence-corrected chi connectivity index (χ2v) is 4.09. The number of imidazole rings is 1. The first-order valence-electron chi connectivity index (χ1n) is 5.84. The van der Waals surface area contributed by atoms with E-state index in [1.807, 2.05) is 0 Å². The molecule has 0 saturated carbocycles. The number of anilines is 1. The van der Waals surface area contributed by atoms with E-state index in [2.05, 4.69) is 19.9 Å². The number of hydrogen-bond donors (Lipinski definition) is 2. The average molecular weight is 269 g/mol. The van der Waals surface area contributed by atoms with Gasteiger partial charge in [-0.3, -0.25) is 4.79 Å². The maximum absolute atomic E-state index is 12.3. The van der Waals surface area contributed by atoms with Crippen molar-refractivity contribution >= 4 is 22.8 Å². The standard InChI is InChI=1S/C13H11N5O2/c1-20-8-4-2-7(3-5-8)10(19)13-17-11(14)9-12(18-13)16-6-15-9/h2-6H,1H3,(H3,14,15,16,17,18). The summed E-state index contributed by atoms with van der Waals surface area (Å²) in [6.45, 7) is 0. The zero-order valence-corrected chi connectivity index (χ0v) is 10.6. The lowest BCUT2D eigenvalue weighted by Gasteiger charge is -2.03. The molecule has 1 aromatic carbocycles. The summed E-state index contributed by atoms with van der Waals surface area (Å²) in [5.41, 5.74) is 7.11. The predicted molar refractivity (Wildman–Crippen MR) is 72.5 cm³/mol. The third-order valence-corrected chi connectivity index (χ3v) is 2.86. The van der Waals surface area contributed by atoms with E-state index in [4.69, 9.17) is 10.5 Å². The number of ketones is 1. The van der Waals surface area contributed by atoms with E-state index in [9.17, 15) is 4.79 Å². The normalized spacial score (nSPS) is 10.7. The molecule has 3 N–H and O–H groups in total. The van der Waals surface area contributed by atoms with Crippen molar-refractivity contribution in [1.82, 2.24) is 19.9 Å². The van der Waals surface area contributed by atoms with E-state index in [1.54, 1.807) is 31.4 Å². The zero-order valence-electron chi connectivity index (χ0n) is 10.6. The molecule has 3 aromatic rings. The smallest absolute Gasteiger partial charge is 0.230 e. The van der Waals surface area contributed by atoms with Crippen molar-refractivity contribution in [2.75, 3.05) is 12.8 Å². The number of aromatic nitrogens is 4. The van der Waals surface area contributed by atoms with Crippen LogP contribution in [-0.4, -0.2) is 32.8 Å². The molecular formula is C13H11N5O2. The van der Waals surface area contributed by atoms with Crippen LogP contribution in [0.5, 0.6) is 5.75 Å². The van der Waals surface area contributed by atoms with Crippen LogP contribution in [0.2, 0.25) is 0 Å². The highest BCUT2D eigenvalue weighted by atomic mass is 16.5. The summed E-state index contributed by atoms with van der Waals surface area (Å²) in [6, 6.07) is 6.70. The Morgan fingerprint density at radius 1 is 1.25 bits per heavy atom. The van der Waals surface area contributed by atoms with Gasteiger partial charge in [-0.2, -0.15) is 0 Å². The minimum Gasteiger partial charge on any atom is -0.497 e. The number of aromatic amines is 1. The maximum Gasteiger partial charge on any atom is 0.230 e. The third-order valence-electron chi connectivity index (χ3n) is 2.86. The van der Waals surface area contributed by atoms with Crippen LogP contribution in [0.4, 0.5) is 5.82 Å². The monoisotopic (exact) mass is 269 g/mol. The highest BCUT2D eigenvalue weighted by molar-refractivity contribution is 6.07. The van der Waals surface area contributed by atoms with Crippen molar-refractivity contribution in [3.63, 3.8) is 0 Å². The topological polar surface area (TPSA) is 107 Å². The van der Waals surface area contributed by atoms with Crippen molar-refractivity contribution in [3.8, 4) is 5.75 Å². The Morgan fingerprint density at radius 2 is 2.00 bits per heavy atom. The minimum absolute atomic E-state index is 0.0319. The molecule has 7 heteroatoms. The summed E-state index contributed by atoms with van der Waals surface area (Å²) in [7, 11) is 1.56. The van der Waals surface area contributed by atoms with Crippen LogP contribution in [-0.2, 0) is 0 Å². The number of nitrogen functional groups attached to an aromatic ring is 1. The Kier molecular flexibility index (Phi) is 2.79. The molecule has 0 radical (unpaired) electrons. The number of ether oxygens (including phenoxy) is 1. The van der Waals surface area contributed by atoms with E-state index in [0.717, 1.165) is 0 Å². The molecule has 2 aromatic heterocycles. The number of nitrogens with two attached hydrogens (primary N) is 1. The first-order chi connectivity index (χ1) is 9.69. The van der Waals surface area contributed by atoms with Crippen LogP contribution in [0.1, 0.15) is 16.2 Å². The molecule has 0 aliphatic rings. The van der Waals surface area contributed by atoms with Gasteiger partial charge in [0.2, 0.25) is 11.6 Å². The van der Waals surface area contributed by atoms with Crippen LogP contribution < -0.4 is 10.5 Å². The fourth-order valence-electron chi connectivity index (χ4n) is 1.83. The quantitative estimate of drug-likeness (QED) is 0.691. The van der Waals surface area contributed by atoms with Crippen molar-refractivity contribution in [3.05, 3.63) is 42.0 Å². The third kappa shape index (κ3) is 1.95. The van der Waals surface area contributed by atoms with Gasteiger partial charge in [-0.1, -0.05) is 0 Å². The number of rotatable bonds is 3. The van der Waals surface area contributed by atoms with Crippen molar-refractivity contribution in [2.24, 2.45) is 0 Å². The molecule has 0 spiro atoms. The molecule has 100 valence electrons. The molecular weight excluding hydrogens is 258 g/mol. The van der Waals surface area contributed by atoms with E-state index >= 15 is 0 Å². The summed E-state index contributed by atoms with van der Waals surface area (Å²) < 4.78 is 5.05. The number of carbonyl (C=O) groups is 1. The fraction of sp³-hybridized carbons (Fsp3) is 0.0769. The van der Waals surface area contributed by atoms with Gasteiger partial charge in [-0.05, 0) is 24.3 Å². The number of benzene rings is 1. The molecule has 3 rings (SSSR count). The van der Waals surface area contributed by atoms with E-state index < -0.39 is 0 Å². The first-order valence-corrected chi connectivity index (χ1v) is 5.84. The average Bonchev–Trinajstić information content (AvgIpc) is 2.95. The Labute approximate surface area is 113 Å². The van der Waals surface area contributed by atoms with Gasteiger partial charge in [0, 0.05) is 5.56 Å². The number of H-pyrrole nitrogens is 1. The van der Waals surface area contributed by atoms with Crippen molar-refractivity contribution < 1.29 is 9.53 Å². The van der Waals surface area contributed by atoms with Crippen molar-refractivity contribution in [1.29, 1.82) is 0 Å². The van der Waals surface area contributed by atoms with Crippen LogP contribution >= 0.6 is 0 Å². The second-order valence-electron chi connectivity index (χ2n) is 4.09. The molecule has 0 unspecified atom stereocenters. The summed E-state index contributed by atoms with van der Waals surface area (Å²) in [5, 5.41) is 0. The number of methoxy groups -OCH3 is 1.